The number of nitrogens with zero attached hydrogens (tertiary/aromatic N) is 1. The molecule has 1 aliphatic carbocycles. The molecule has 1 saturated carbocycles. The highest BCUT2D eigenvalue weighted by molar-refractivity contribution is 5.39. The summed E-state index contributed by atoms with van der Waals surface area (Å²) in [5.41, 5.74) is 10.8. The van der Waals surface area contributed by atoms with Crippen molar-refractivity contribution in [2.45, 2.75) is 57.5 Å². The van der Waals surface area contributed by atoms with E-state index in [9.17, 15) is 0 Å². The molecule has 0 aliphatic heterocycles. The van der Waals surface area contributed by atoms with E-state index in [2.05, 4.69) is 64.9 Å². The van der Waals surface area contributed by atoms with Crippen LogP contribution in [0.5, 0.6) is 0 Å². The highest BCUT2D eigenvalue weighted by Crippen LogP contribution is 2.47. The minimum absolute atomic E-state index is 0.0164. The second kappa shape index (κ2) is 4.60. The lowest BCUT2D eigenvalue weighted by atomic mass is 9.83. The molecule has 0 spiro atoms. The van der Waals surface area contributed by atoms with Gasteiger partial charge in [-0.2, -0.15) is 0 Å². The number of nitrogens with two attached hydrogens (primary N) is 1. The average molecular weight is 260 g/mol. The van der Waals surface area contributed by atoms with E-state index in [-0.39, 0.29) is 11.0 Å². The van der Waals surface area contributed by atoms with Crippen molar-refractivity contribution < 1.29 is 0 Å². The van der Waals surface area contributed by atoms with Crippen molar-refractivity contribution in [2.75, 3.05) is 14.1 Å². The molecular formula is C17H28N2. The molecule has 2 heteroatoms. The first-order valence-corrected chi connectivity index (χ1v) is 7.21. The number of hydrogen-bond acceptors (Lipinski definition) is 2. The summed E-state index contributed by atoms with van der Waals surface area (Å²) in [6, 6.07) is 7.22. The Balaban J connectivity index is 2.40. The SMILES string of the molecule is Cc1cc(C(C)(C)C)ccc1C(N(C)C)C1(N)CC1. The Morgan fingerprint density at radius 3 is 2.16 bits per heavy atom. The molecule has 1 atom stereocenters. The highest BCUT2D eigenvalue weighted by Gasteiger charge is 2.47. The molecule has 1 aliphatic rings. The van der Waals surface area contributed by atoms with Gasteiger partial charge in [0.1, 0.15) is 0 Å². The second-order valence-corrected chi connectivity index (χ2v) is 7.42. The molecule has 19 heavy (non-hydrogen) atoms. The summed E-state index contributed by atoms with van der Waals surface area (Å²) in [7, 11) is 4.27. The largest absolute Gasteiger partial charge is 0.323 e. The third kappa shape index (κ3) is 2.85. The molecule has 0 aromatic heterocycles. The van der Waals surface area contributed by atoms with Crippen molar-refractivity contribution in [1.29, 1.82) is 0 Å². The Bertz CT molecular complexity index is 465. The summed E-state index contributed by atoms with van der Waals surface area (Å²) < 4.78 is 0. The third-order valence-electron chi connectivity index (χ3n) is 4.32. The van der Waals surface area contributed by atoms with Crippen LogP contribution in [-0.2, 0) is 5.41 Å². The van der Waals surface area contributed by atoms with Crippen molar-refractivity contribution in [3.63, 3.8) is 0 Å². The summed E-state index contributed by atoms with van der Waals surface area (Å²) in [4.78, 5) is 2.27. The van der Waals surface area contributed by atoms with Gasteiger partial charge in [0.2, 0.25) is 0 Å². The van der Waals surface area contributed by atoms with E-state index in [1.165, 1.54) is 16.7 Å². The van der Waals surface area contributed by atoms with Crippen LogP contribution in [0.25, 0.3) is 0 Å². The van der Waals surface area contributed by atoms with Gasteiger partial charge < -0.3 is 10.6 Å². The van der Waals surface area contributed by atoms with Gasteiger partial charge in [-0.1, -0.05) is 39.0 Å². The molecule has 0 radical (unpaired) electrons. The van der Waals surface area contributed by atoms with Crippen molar-refractivity contribution in [3.8, 4) is 0 Å². The summed E-state index contributed by atoms with van der Waals surface area (Å²) in [5, 5.41) is 0. The lowest BCUT2D eigenvalue weighted by Gasteiger charge is -2.32. The number of rotatable bonds is 3. The molecule has 2 N–H and O–H groups in total. The smallest absolute Gasteiger partial charge is 0.0525 e. The molecule has 0 amide bonds. The Morgan fingerprint density at radius 1 is 1.21 bits per heavy atom. The van der Waals surface area contributed by atoms with Crippen molar-refractivity contribution in [3.05, 3.63) is 34.9 Å². The Kier molecular flexibility index (Phi) is 3.53. The van der Waals surface area contributed by atoms with Crippen molar-refractivity contribution in [1.82, 2.24) is 4.90 Å². The minimum atomic E-state index is -0.0164. The van der Waals surface area contributed by atoms with Crippen LogP contribution in [0.3, 0.4) is 0 Å². The van der Waals surface area contributed by atoms with Gasteiger partial charge in [-0.05, 0) is 56.0 Å². The van der Waals surface area contributed by atoms with E-state index in [4.69, 9.17) is 5.73 Å². The fourth-order valence-electron chi connectivity index (χ4n) is 2.97. The van der Waals surface area contributed by atoms with Crippen LogP contribution < -0.4 is 5.73 Å². The molecule has 1 aromatic rings. The molecule has 106 valence electrons. The summed E-state index contributed by atoms with van der Waals surface area (Å²) in [6.07, 6.45) is 2.27. The standard InChI is InChI=1S/C17H28N2/c1-12-11-13(16(2,3)4)7-8-14(12)15(19(5)6)17(18)9-10-17/h7-8,11,15H,9-10,18H2,1-6H3. The summed E-state index contributed by atoms with van der Waals surface area (Å²) >= 11 is 0. The van der Waals surface area contributed by atoms with Crippen LogP contribution in [0.15, 0.2) is 18.2 Å². The molecule has 1 fully saturated rings. The first kappa shape index (κ1) is 14.5. The molecule has 1 aromatic carbocycles. The third-order valence-corrected chi connectivity index (χ3v) is 4.32. The summed E-state index contributed by atoms with van der Waals surface area (Å²) in [5.74, 6) is 0. The lowest BCUT2D eigenvalue weighted by Crippen LogP contribution is -2.39. The van der Waals surface area contributed by atoms with Gasteiger partial charge in [-0.25, -0.2) is 0 Å². The molecule has 0 saturated heterocycles. The maximum atomic E-state index is 6.47. The number of benzene rings is 1. The number of likely N-dealkylation sites (N-methyl/N-ethyl adjacent to an activating group) is 1. The van der Waals surface area contributed by atoms with Crippen LogP contribution >= 0.6 is 0 Å². The van der Waals surface area contributed by atoms with Crippen molar-refractivity contribution >= 4 is 0 Å². The van der Waals surface area contributed by atoms with Crippen LogP contribution in [0, 0.1) is 6.92 Å². The van der Waals surface area contributed by atoms with Gasteiger partial charge in [-0.15, -0.1) is 0 Å². The zero-order valence-electron chi connectivity index (χ0n) is 13.2. The fraction of sp³-hybridized carbons (Fsp3) is 0.647. The van der Waals surface area contributed by atoms with E-state index in [0.717, 1.165) is 12.8 Å². The summed E-state index contributed by atoms with van der Waals surface area (Å²) in [6.45, 7) is 9.00. The quantitative estimate of drug-likeness (QED) is 0.902. The van der Waals surface area contributed by atoms with E-state index in [1.807, 2.05) is 0 Å². The van der Waals surface area contributed by atoms with Crippen molar-refractivity contribution in [2.24, 2.45) is 5.73 Å². The molecular weight excluding hydrogens is 232 g/mol. The normalized spacial score (nSPS) is 19.6. The predicted octanol–water partition coefficient (Wildman–Crippen LogP) is 3.39. The molecule has 2 nitrogen and oxygen atoms in total. The highest BCUT2D eigenvalue weighted by atomic mass is 15.1. The minimum Gasteiger partial charge on any atom is -0.323 e. The van der Waals surface area contributed by atoms with Crippen LogP contribution in [0.2, 0.25) is 0 Å². The monoisotopic (exact) mass is 260 g/mol. The van der Waals surface area contributed by atoms with E-state index in [0.29, 0.717) is 6.04 Å². The number of hydrogen-bond donors (Lipinski definition) is 1. The van der Waals surface area contributed by atoms with Crippen LogP contribution in [0.1, 0.15) is 56.3 Å². The van der Waals surface area contributed by atoms with Crippen LogP contribution in [-0.4, -0.2) is 24.5 Å². The van der Waals surface area contributed by atoms with Gasteiger partial charge in [0.05, 0.1) is 6.04 Å². The zero-order chi connectivity index (χ0) is 14.4. The van der Waals surface area contributed by atoms with E-state index in [1.54, 1.807) is 0 Å². The maximum Gasteiger partial charge on any atom is 0.0525 e. The van der Waals surface area contributed by atoms with E-state index < -0.39 is 0 Å². The van der Waals surface area contributed by atoms with Gasteiger partial charge in [0.15, 0.2) is 0 Å². The zero-order valence-corrected chi connectivity index (χ0v) is 13.2. The van der Waals surface area contributed by atoms with Gasteiger partial charge >= 0.3 is 0 Å². The predicted molar refractivity (Wildman–Crippen MR) is 82.5 cm³/mol. The van der Waals surface area contributed by atoms with E-state index >= 15 is 0 Å². The van der Waals surface area contributed by atoms with Gasteiger partial charge in [0, 0.05) is 5.54 Å². The fourth-order valence-corrected chi connectivity index (χ4v) is 2.97. The average Bonchev–Trinajstić information content (AvgIpc) is 2.98. The molecule has 0 heterocycles. The van der Waals surface area contributed by atoms with Crippen LogP contribution in [0.4, 0.5) is 0 Å². The Morgan fingerprint density at radius 2 is 1.79 bits per heavy atom. The second-order valence-electron chi connectivity index (χ2n) is 7.42. The maximum absolute atomic E-state index is 6.47. The molecule has 2 rings (SSSR count). The molecule has 1 unspecified atom stereocenters. The Labute approximate surface area is 118 Å². The Hall–Kier alpha value is -0.860. The number of aryl methyl sites for hydroxylation is 1. The van der Waals surface area contributed by atoms with Gasteiger partial charge in [0.25, 0.3) is 0 Å². The first-order valence-electron chi connectivity index (χ1n) is 7.21. The topological polar surface area (TPSA) is 29.3 Å². The first-order chi connectivity index (χ1) is 8.65. The van der Waals surface area contributed by atoms with Gasteiger partial charge in [-0.3, -0.25) is 0 Å². The molecule has 0 bridgehead atoms. The lowest BCUT2D eigenvalue weighted by molar-refractivity contribution is 0.245.